The average molecular weight is 480 g/mol. The number of nitrogens with one attached hydrogen (secondary N) is 1. The number of hydrogen-bond acceptors (Lipinski definition) is 4. The molecule has 1 atom stereocenters. The number of fused-ring (bicyclic) bond motifs is 1. The highest BCUT2D eigenvalue weighted by Crippen LogP contribution is 2.38. The van der Waals surface area contributed by atoms with Crippen molar-refractivity contribution in [1.29, 1.82) is 0 Å². The van der Waals surface area contributed by atoms with Crippen LogP contribution in [-0.2, 0) is 32.5 Å². The molecule has 4 nitrogen and oxygen atoms in total. The molecule has 1 aliphatic rings. The summed E-state index contributed by atoms with van der Waals surface area (Å²) in [5.41, 5.74) is 7.93. The normalized spacial score (nSPS) is 14.3. The van der Waals surface area contributed by atoms with Gasteiger partial charge in [-0.15, -0.1) is 0 Å². The van der Waals surface area contributed by atoms with Crippen LogP contribution in [0.5, 0.6) is 17.2 Å². The largest absolute Gasteiger partial charge is 0.497 e. The Morgan fingerprint density at radius 2 is 1.42 bits per heavy atom. The van der Waals surface area contributed by atoms with Crippen LogP contribution in [0.1, 0.15) is 39.3 Å². The maximum absolute atomic E-state index is 5.91. The van der Waals surface area contributed by atoms with Crippen molar-refractivity contribution in [3.8, 4) is 17.2 Å². The number of ether oxygens (including phenoxy) is 3. The Morgan fingerprint density at radius 1 is 0.694 bits per heavy atom. The van der Waals surface area contributed by atoms with E-state index in [0.29, 0.717) is 12.5 Å². The number of methoxy groups -OCH3 is 2. The summed E-state index contributed by atoms with van der Waals surface area (Å²) in [6.45, 7) is 2.19. The van der Waals surface area contributed by atoms with Crippen LogP contribution < -0.4 is 19.5 Å². The molecule has 0 heterocycles. The molecule has 0 aromatic heterocycles. The molecule has 4 aromatic carbocycles. The molecule has 0 fully saturated rings. The van der Waals surface area contributed by atoms with Gasteiger partial charge in [0.25, 0.3) is 0 Å². The van der Waals surface area contributed by atoms with Crippen molar-refractivity contribution in [2.45, 2.75) is 38.5 Å². The highest BCUT2D eigenvalue weighted by atomic mass is 16.5. The van der Waals surface area contributed by atoms with Gasteiger partial charge in [-0.1, -0.05) is 54.6 Å². The number of rotatable bonds is 10. The Kier molecular flexibility index (Phi) is 7.53. The summed E-state index contributed by atoms with van der Waals surface area (Å²) in [5, 5.41) is 3.63. The third-order valence-corrected chi connectivity index (χ3v) is 6.96. The van der Waals surface area contributed by atoms with E-state index in [4.69, 9.17) is 14.2 Å². The Hall–Kier alpha value is -3.76. The molecule has 5 rings (SSSR count). The summed E-state index contributed by atoms with van der Waals surface area (Å²) in [6, 6.07) is 31.5. The van der Waals surface area contributed by atoms with E-state index < -0.39 is 0 Å². The van der Waals surface area contributed by atoms with E-state index >= 15 is 0 Å². The van der Waals surface area contributed by atoms with Gasteiger partial charge >= 0.3 is 0 Å². The molecule has 0 spiro atoms. The van der Waals surface area contributed by atoms with Crippen molar-refractivity contribution in [1.82, 2.24) is 5.32 Å². The Labute approximate surface area is 213 Å². The van der Waals surface area contributed by atoms with Gasteiger partial charge in [-0.2, -0.15) is 0 Å². The predicted molar refractivity (Wildman–Crippen MR) is 144 cm³/mol. The van der Waals surface area contributed by atoms with Gasteiger partial charge in [0.2, 0.25) is 0 Å². The van der Waals surface area contributed by atoms with Gasteiger partial charge in [-0.25, -0.2) is 0 Å². The Bertz CT molecular complexity index is 1270. The molecule has 0 bridgehead atoms. The maximum Gasteiger partial charge on any atom is 0.119 e. The van der Waals surface area contributed by atoms with E-state index in [1.54, 1.807) is 14.2 Å². The fourth-order valence-corrected chi connectivity index (χ4v) is 4.97. The summed E-state index contributed by atoms with van der Waals surface area (Å²) >= 11 is 0. The standard InChI is InChI=1S/C32H33NO3/c1-34-29-14-10-25(11-15-29)26-16-27-17-31(35-2)18-28(32(27)19-26)21-33-20-23-8-12-30(13-9-23)36-22-24-6-4-3-5-7-24/h3-15,17-18,26,33H,16,19-22H2,1-2H3. The second-order valence-electron chi connectivity index (χ2n) is 9.32. The first kappa shape index (κ1) is 24.0. The fraction of sp³-hybridized carbons (Fsp3) is 0.250. The molecule has 1 N–H and O–H groups in total. The van der Waals surface area contributed by atoms with Crippen LogP contribution in [0.2, 0.25) is 0 Å². The van der Waals surface area contributed by atoms with Gasteiger partial charge in [0, 0.05) is 13.1 Å². The summed E-state index contributed by atoms with van der Waals surface area (Å²) in [6.07, 6.45) is 2.09. The first-order valence-electron chi connectivity index (χ1n) is 12.5. The van der Waals surface area contributed by atoms with Crippen LogP contribution in [0.15, 0.2) is 91.0 Å². The highest BCUT2D eigenvalue weighted by molar-refractivity contribution is 5.48. The van der Waals surface area contributed by atoms with Crippen molar-refractivity contribution < 1.29 is 14.2 Å². The van der Waals surface area contributed by atoms with Gasteiger partial charge in [0.05, 0.1) is 14.2 Å². The smallest absolute Gasteiger partial charge is 0.119 e. The molecule has 0 amide bonds. The molecule has 0 saturated carbocycles. The van der Waals surface area contributed by atoms with Crippen LogP contribution in [0, 0.1) is 0 Å². The number of benzene rings is 4. The first-order valence-corrected chi connectivity index (χ1v) is 12.5. The molecule has 4 aromatic rings. The van der Waals surface area contributed by atoms with Gasteiger partial charge in [-0.3, -0.25) is 0 Å². The lowest BCUT2D eigenvalue weighted by Gasteiger charge is -2.13. The average Bonchev–Trinajstić information content (AvgIpc) is 3.37. The van der Waals surface area contributed by atoms with Gasteiger partial charge in [-0.05, 0) is 88.5 Å². The third-order valence-electron chi connectivity index (χ3n) is 6.96. The lowest BCUT2D eigenvalue weighted by Crippen LogP contribution is -2.14. The zero-order valence-corrected chi connectivity index (χ0v) is 21.0. The van der Waals surface area contributed by atoms with E-state index in [9.17, 15) is 0 Å². The van der Waals surface area contributed by atoms with Crippen LogP contribution in [0.25, 0.3) is 0 Å². The summed E-state index contributed by atoms with van der Waals surface area (Å²) in [7, 11) is 3.45. The van der Waals surface area contributed by atoms with Gasteiger partial charge < -0.3 is 19.5 Å². The minimum Gasteiger partial charge on any atom is -0.497 e. The molecule has 0 saturated heterocycles. The van der Waals surface area contributed by atoms with E-state index in [0.717, 1.165) is 43.2 Å². The molecule has 36 heavy (non-hydrogen) atoms. The highest BCUT2D eigenvalue weighted by Gasteiger charge is 2.26. The van der Waals surface area contributed by atoms with Crippen LogP contribution in [0.3, 0.4) is 0 Å². The van der Waals surface area contributed by atoms with Crippen molar-refractivity contribution in [2.24, 2.45) is 0 Å². The second kappa shape index (κ2) is 11.3. The summed E-state index contributed by atoms with van der Waals surface area (Å²) in [4.78, 5) is 0. The molecule has 4 heteroatoms. The van der Waals surface area contributed by atoms with Crippen molar-refractivity contribution >= 4 is 0 Å². The number of hydrogen-bond donors (Lipinski definition) is 1. The molecule has 0 radical (unpaired) electrons. The van der Waals surface area contributed by atoms with E-state index in [1.807, 2.05) is 30.3 Å². The van der Waals surface area contributed by atoms with Crippen LogP contribution in [0.4, 0.5) is 0 Å². The zero-order valence-electron chi connectivity index (χ0n) is 21.0. The van der Waals surface area contributed by atoms with Gasteiger partial charge in [0.15, 0.2) is 0 Å². The predicted octanol–water partition coefficient (Wildman–Crippen LogP) is 6.46. The SMILES string of the molecule is COc1ccc(C2Cc3cc(OC)cc(CNCc4ccc(OCc5ccccc5)cc4)c3C2)cc1. The Balaban J connectivity index is 1.19. The second-order valence-corrected chi connectivity index (χ2v) is 9.32. The van der Waals surface area contributed by atoms with E-state index in [-0.39, 0.29) is 0 Å². The van der Waals surface area contributed by atoms with Crippen molar-refractivity contribution in [2.75, 3.05) is 14.2 Å². The summed E-state index contributed by atoms with van der Waals surface area (Å²) < 4.78 is 16.9. The summed E-state index contributed by atoms with van der Waals surface area (Å²) in [5.74, 6) is 3.20. The minimum absolute atomic E-state index is 0.486. The monoisotopic (exact) mass is 479 g/mol. The quantitative estimate of drug-likeness (QED) is 0.284. The van der Waals surface area contributed by atoms with E-state index in [2.05, 4.69) is 66.0 Å². The lowest BCUT2D eigenvalue weighted by molar-refractivity contribution is 0.306. The maximum atomic E-state index is 5.91. The molecule has 0 aliphatic heterocycles. The molecule has 184 valence electrons. The fourth-order valence-electron chi connectivity index (χ4n) is 4.97. The van der Waals surface area contributed by atoms with E-state index in [1.165, 1.54) is 33.4 Å². The third kappa shape index (κ3) is 5.72. The zero-order chi connectivity index (χ0) is 24.7. The van der Waals surface area contributed by atoms with Gasteiger partial charge in [0.1, 0.15) is 23.9 Å². The van der Waals surface area contributed by atoms with Crippen LogP contribution in [-0.4, -0.2) is 14.2 Å². The van der Waals surface area contributed by atoms with Crippen LogP contribution >= 0.6 is 0 Å². The molecule has 1 unspecified atom stereocenters. The lowest BCUT2D eigenvalue weighted by atomic mass is 9.96. The topological polar surface area (TPSA) is 39.7 Å². The molecular formula is C32H33NO3. The molecule has 1 aliphatic carbocycles. The first-order chi connectivity index (χ1) is 17.7. The minimum atomic E-state index is 0.486. The Morgan fingerprint density at radius 3 is 2.14 bits per heavy atom. The van der Waals surface area contributed by atoms with Crippen molar-refractivity contribution in [3.05, 3.63) is 124 Å². The molecular weight excluding hydrogens is 446 g/mol. The van der Waals surface area contributed by atoms with Crippen molar-refractivity contribution in [3.63, 3.8) is 0 Å².